The van der Waals surface area contributed by atoms with Crippen LogP contribution in [0.25, 0.3) is 0 Å². The zero-order valence-corrected chi connectivity index (χ0v) is 15.7. The fourth-order valence-electron chi connectivity index (χ4n) is 2.54. The van der Waals surface area contributed by atoms with Gasteiger partial charge in [-0.15, -0.1) is 0 Å². The molecule has 1 aromatic carbocycles. The van der Waals surface area contributed by atoms with Gasteiger partial charge in [0.1, 0.15) is 23.7 Å². The first-order valence-electron chi connectivity index (χ1n) is 8.69. The Morgan fingerprint density at radius 2 is 1.82 bits per heavy atom. The predicted molar refractivity (Wildman–Crippen MR) is 97.0 cm³/mol. The van der Waals surface area contributed by atoms with E-state index in [1.807, 2.05) is 0 Å². The first kappa shape index (κ1) is 21.1. The number of aromatic nitrogens is 1. The maximum atomic E-state index is 13.0. The third-order valence-corrected chi connectivity index (χ3v) is 4.06. The van der Waals surface area contributed by atoms with Gasteiger partial charge in [-0.25, -0.2) is 9.18 Å². The summed E-state index contributed by atoms with van der Waals surface area (Å²) < 4.78 is 17.9. The number of carbonyl (C=O) groups excluding carboxylic acids is 2. The lowest BCUT2D eigenvalue weighted by Gasteiger charge is -2.23. The predicted octanol–water partition coefficient (Wildman–Crippen LogP) is 1.69. The minimum absolute atomic E-state index is 0.0250. The Morgan fingerprint density at radius 1 is 1.18 bits per heavy atom. The molecule has 2 amide bonds. The molecule has 0 aliphatic carbocycles. The zero-order chi connectivity index (χ0) is 20.8. The number of halogens is 1. The molecule has 2 aromatic rings. The number of aliphatic carboxylic acids is 1. The summed E-state index contributed by atoms with van der Waals surface area (Å²) in [5, 5.41) is 18.0. The molecule has 150 valence electrons. The van der Waals surface area contributed by atoms with E-state index < -0.39 is 35.7 Å². The second-order valence-electron chi connectivity index (χ2n) is 6.75. The van der Waals surface area contributed by atoms with Crippen molar-refractivity contribution in [3.8, 4) is 0 Å². The topological polar surface area (TPSA) is 122 Å². The summed E-state index contributed by atoms with van der Waals surface area (Å²) in [5.41, 5.74) is 0.578. The van der Waals surface area contributed by atoms with E-state index in [4.69, 9.17) is 4.52 Å². The van der Waals surface area contributed by atoms with E-state index in [-0.39, 0.29) is 18.0 Å². The zero-order valence-electron chi connectivity index (χ0n) is 15.7. The molecular weight excluding hydrogens is 369 g/mol. The first-order chi connectivity index (χ1) is 13.2. The number of nitrogens with zero attached hydrogens (tertiary/aromatic N) is 1. The SMILES string of the molecule is Cc1cc(C(=O)N[C@H](C(=O)N[C@@H](Cc2ccc(F)cc2)C(=O)O)C(C)C)no1. The van der Waals surface area contributed by atoms with E-state index in [1.54, 1.807) is 20.8 Å². The van der Waals surface area contributed by atoms with Crippen molar-refractivity contribution in [2.45, 2.75) is 39.3 Å². The van der Waals surface area contributed by atoms with Crippen molar-refractivity contribution in [3.05, 3.63) is 53.2 Å². The molecular formula is C19H22FN3O5. The summed E-state index contributed by atoms with van der Waals surface area (Å²) >= 11 is 0. The van der Waals surface area contributed by atoms with Gasteiger partial charge in [0.05, 0.1) is 0 Å². The van der Waals surface area contributed by atoms with E-state index in [9.17, 15) is 23.9 Å². The molecule has 0 aliphatic rings. The van der Waals surface area contributed by atoms with E-state index >= 15 is 0 Å². The lowest BCUT2D eigenvalue weighted by molar-refractivity contribution is -0.142. The number of hydrogen-bond donors (Lipinski definition) is 3. The summed E-state index contributed by atoms with van der Waals surface area (Å²) in [7, 11) is 0. The van der Waals surface area contributed by atoms with Crippen LogP contribution >= 0.6 is 0 Å². The molecule has 9 heteroatoms. The van der Waals surface area contributed by atoms with Crippen LogP contribution in [0.1, 0.15) is 35.7 Å². The van der Waals surface area contributed by atoms with Crippen molar-refractivity contribution < 1.29 is 28.4 Å². The smallest absolute Gasteiger partial charge is 0.326 e. The molecule has 2 rings (SSSR count). The lowest BCUT2D eigenvalue weighted by atomic mass is 10.0. The normalized spacial score (nSPS) is 13.0. The number of benzene rings is 1. The van der Waals surface area contributed by atoms with Gasteiger partial charge >= 0.3 is 5.97 Å². The Morgan fingerprint density at radius 3 is 2.32 bits per heavy atom. The van der Waals surface area contributed by atoms with Crippen LogP contribution in [0.15, 0.2) is 34.9 Å². The van der Waals surface area contributed by atoms with Crippen LogP contribution in [-0.2, 0) is 16.0 Å². The van der Waals surface area contributed by atoms with Crippen LogP contribution in [-0.4, -0.2) is 40.1 Å². The van der Waals surface area contributed by atoms with E-state index in [0.717, 1.165) is 0 Å². The van der Waals surface area contributed by atoms with Crippen LogP contribution in [0.3, 0.4) is 0 Å². The van der Waals surface area contributed by atoms with Crippen LogP contribution in [0.4, 0.5) is 4.39 Å². The number of carbonyl (C=O) groups is 3. The minimum atomic E-state index is -1.24. The van der Waals surface area contributed by atoms with Gasteiger partial charge in [0.15, 0.2) is 5.69 Å². The molecule has 3 N–H and O–H groups in total. The van der Waals surface area contributed by atoms with Gasteiger partial charge in [0, 0.05) is 12.5 Å². The molecule has 28 heavy (non-hydrogen) atoms. The number of hydrogen-bond acceptors (Lipinski definition) is 5. The second-order valence-corrected chi connectivity index (χ2v) is 6.75. The Balaban J connectivity index is 2.08. The van der Waals surface area contributed by atoms with Crippen molar-refractivity contribution >= 4 is 17.8 Å². The van der Waals surface area contributed by atoms with Gasteiger partial charge in [-0.05, 0) is 30.5 Å². The third kappa shape index (κ3) is 5.63. The highest BCUT2D eigenvalue weighted by molar-refractivity contribution is 5.96. The van der Waals surface area contributed by atoms with E-state index in [1.165, 1.54) is 30.3 Å². The fraction of sp³-hybridized carbons (Fsp3) is 0.368. The molecule has 1 heterocycles. The van der Waals surface area contributed by atoms with Crippen molar-refractivity contribution in [2.24, 2.45) is 5.92 Å². The molecule has 0 saturated carbocycles. The maximum Gasteiger partial charge on any atom is 0.326 e. The molecule has 8 nitrogen and oxygen atoms in total. The van der Waals surface area contributed by atoms with Crippen molar-refractivity contribution in [3.63, 3.8) is 0 Å². The summed E-state index contributed by atoms with van der Waals surface area (Å²) in [6.07, 6.45) is -0.0252. The van der Waals surface area contributed by atoms with Gasteiger partial charge in [0.25, 0.3) is 5.91 Å². The van der Waals surface area contributed by atoms with Crippen LogP contribution in [0.2, 0.25) is 0 Å². The number of amides is 2. The number of nitrogens with one attached hydrogen (secondary N) is 2. The summed E-state index contributed by atoms with van der Waals surface area (Å²) in [5.74, 6) is -2.78. The fourth-order valence-corrected chi connectivity index (χ4v) is 2.54. The summed E-state index contributed by atoms with van der Waals surface area (Å²) in [4.78, 5) is 36.4. The van der Waals surface area contributed by atoms with Crippen molar-refractivity contribution in [1.29, 1.82) is 0 Å². The molecule has 2 atom stereocenters. The third-order valence-electron chi connectivity index (χ3n) is 4.06. The van der Waals surface area contributed by atoms with Crippen molar-refractivity contribution in [1.82, 2.24) is 15.8 Å². The molecule has 0 bridgehead atoms. The number of carboxylic acids is 1. The Hall–Kier alpha value is -3.23. The summed E-state index contributed by atoms with van der Waals surface area (Å²) in [6.45, 7) is 5.06. The van der Waals surface area contributed by atoms with Crippen molar-refractivity contribution in [2.75, 3.05) is 0 Å². The second kappa shape index (κ2) is 9.12. The minimum Gasteiger partial charge on any atom is -0.480 e. The highest BCUT2D eigenvalue weighted by Crippen LogP contribution is 2.09. The Labute approximate surface area is 161 Å². The molecule has 0 saturated heterocycles. The number of carboxylic acid groups (broad SMARTS) is 1. The first-order valence-corrected chi connectivity index (χ1v) is 8.69. The lowest BCUT2D eigenvalue weighted by Crippen LogP contribution is -2.54. The highest BCUT2D eigenvalue weighted by Gasteiger charge is 2.29. The highest BCUT2D eigenvalue weighted by atomic mass is 19.1. The number of aryl methyl sites for hydroxylation is 1. The van der Waals surface area contributed by atoms with Gasteiger partial charge < -0.3 is 20.3 Å². The van der Waals surface area contributed by atoms with Gasteiger partial charge in [-0.1, -0.05) is 31.1 Å². The largest absolute Gasteiger partial charge is 0.480 e. The van der Waals surface area contributed by atoms with E-state index in [0.29, 0.717) is 11.3 Å². The standard InChI is InChI=1S/C19H22FN3O5/c1-10(2)16(22-17(24)14-8-11(3)28-23-14)18(25)21-15(19(26)27)9-12-4-6-13(20)7-5-12/h4-8,10,15-16H,9H2,1-3H3,(H,21,25)(H,22,24)(H,26,27)/t15-,16-/m0/s1. The average Bonchev–Trinajstić information content (AvgIpc) is 3.06. The van der Waals surface area contributed by atoms with Gasteiger partial charge in [-0.2, -0.15) is 0 Å². The van der Waals surface area contributed by atoms with Crippen LogP contribution < -0.4 is 10.6 Å². The molecule has 0 spiro atoms. The van der Waals surface area contributed by atoms with Gasteiger partial charge in [0.2, 0.25) is 5.91 Å². The van der Waals surface area contributed by atoms with Crippen LogP contribution in [0.5, 0.6) is 0 Å². The molecule has 0 fully saturated rings. The average molecular weight is 391 g/mol. The van der Waals surface area contributed by atoms with E-state index in [2.05, 4.69) is 15.8 Å². The molecule has 0 aliphatic heterocycles. The monoisotopic (exact) mass is 391 g/mol. The quantitative estimate of drug-likeness (QED) is 0.630. The van der Waals surface area contributed by atoms with Crippen LogP contribution in [0, 0.1) is 18.7 Å². The van der Waals surface area contributed by atoms with Gasteiger partial charge in [-0.3, -0.25) is 9.59 Å². The Bertz CT molecular complexity index is 848. The number of rotatable bonds is 8. The molecule has 0 radical (unpaired) electrons. The summed E-state index contributed by atoms with van der Waals surface area (Å²) in [6, 6.07) is 4.56. The molecule has 0 unspecified atom stereocenters. The maximum absolute atomic E-state index is 13.0. The molecule has 1 aromatic heterocycles. The Kier molecular flexibility index (Phi) is 6.86.